The monoisotopic (exact) mass is 461 g/mol. The lowest BCUT2D eigenvalue weighted by Gasteiger charge is -2.19. The van der Waals surface area contributed by atoms with Crippen LogP contribution in [0.3, 0.4) is 0 Å². The number of rotatable bonds is 12. The Bertz CT molecular complexity index is 1050. The van der Waals surface area contributed by atoms with Crippen molar-refractivity contribution in [2.24, 2.45) is 0 Å². The first-order chi connectivity index (χ1) is 16.5. The molecule has 0 fully saturated rings. The summed E-state index contributed by atoms with van der Waals surface area (Å²) >= 11 is 0. The lowest BCUT2D eigenvalue weighted by Crippen LogP contribution is -2.50. The Morgan fingerprint density at radius 2 is 1.68 bits per heavy atom. The van der Waals surface area contributed by atoms with E-state index in [2.05, 4.69) is 16.0 Å². The number of nitrogens with one attached hydrogen (secondary N) is 3. The van der Waals surface area contributed by atoms with Crippen LogP contribution in [-0.2, 0) is 16.1 Å². The number of benzene rings is 3. The van der Waals surface area contributed by atoms with E-state index in [4.69, 9.17) is 9.47 Å². The van der Waals surface area contributed by atoms with Crippen LogP contribution in [0.2, 0.25) is 0 Å². The van der Waals surface area contributed by atoms with E-state index < -0.39 is 6.04 Å². The number of hydrogen-bond donors (Lipinski definition) is 3. The zero-order valence-corrected chi connectivity index (χ0v) is 19.5. The zero-order chi connectivity index (χ0) is 24.2. The van der Waals surface area contributed by atoms with Gasteiger partial charge in [0.1, 0.15) is 11.8 Å². The zero-order valence-electron chi connectivity index (χ0n) is 19.5. The van der Waals surface area contributed by atoms with Crippen LogP contribution < -0.4 is 20.7 Å². The highest BCUT2D eigenvalue weighted by atomic mass is 16.5. The predicted molar refractivity (Wildman–Crippen MR) is 133 cm³/mol. The summed E-state index contributed by atoms with van der Waals surface area (Å²) in [6.07, 6.45) is 0. The quantitative estimate of drug-likeness (QED) is 0.359. The Labute approximate surface area is 200 Å². The number of carbonyl (C=O) groups excluding carboxylic acids is 2. The lowest BCUT2D eigenvalue weighted by molar-refractivity contribution is -0.124. The van der Waals surface area contributed by atoms with E-state index >= 15 is 0 Å². The highest BCUT2D eigenvalue weighted by molar-refractivity contribution is 5.97. The summed E-state index contributed by atoms with van der Waals surface area (Å²) < 4.78 is 10.9. The van der Waals surface area contributed by atoms with Gasteiger partial charge in [0.05, 0.1) is 20.3 Å². The first-order valence-electron chi connectivity index (χ1n) is 11.2. The third-order valence-corrected chi connectivity index (χ3v) is 5.14. The predicted octanol–water partition coefficient (Wildman–Crippen LogP) is 3.55. The van der Waals surface area contributed by atoms with Gasteiger partial charge in [0.25, 0.3) is 5.91 Å². The molecule has 0 saturated carbocycles. The molecule has 0 aliphatic carbocycles. The Balaban J connectivity index is 1.54. The van der Waals surface area contributed by atoms with Crippen molar-refractivity contribution in [3.63, 3.8) is 0 Å². The highest BCUT2D eigenvalue weighted by Gasteiger charge is 2.21. The van der Waals surface area contributed by atoms with Gasteiger partial charge in [0.2, 0.25) is 5.91 Å². The Morgan fingerprint density at radius 1 is 0.912 bits per heavy atom. The molecule has 0 aliphatic rings. The fourth-order valence-corrected chi connectivity index (χ4v) is 3.30. The van der Waals surface area contributed by atoms with Crippen molar-refractivity contribution in [3.05, 3.63) is 95.6 Å². The fraction of sp³-hybridized carbons (Fsp3) is 0.259. The van der Waals surface area contributed by atoms with E-state index in [0.29, 0.717) is 25.3 Å². The molecule has 7 heteroatoms. The van der Waals surface area contributed by atoms with Crippen molar-refractivity contribution in [2.75, 3.05) is 32.1 Å². The SMILES string of the molecule is COc1ccc(NCCNC(=O)[C@H](COCc2ccccc2)NC(=O)c2cccc(C)c2)cc1. The van der Waals surface area contributed by atoms with Gasteiger partial charge in [0.15, 0.2) is 0 Å². The van der Waals surface area contributed by atoms with Crippen molar-refractivity contribution in [2.45, 2.75) is 19.6 Å². The minimum atomic E-state index is -0.822. The smallest absolute Gasteiger partial charge is 0.252 e. The molecule has 3 aromatic rings. The number of hydrogen-bond acceptors (Lipinski definition) is 5. The van der Waals surface area contributed by atoms with Crippen molar-refractivity contribution < 1.29 is 19.1 Å². The minimum absolute atomic E-state index is 0.0597. The molecule has 3 rings (SSSR count). The molecule has 0 bridgehead atoms. The van der Waals surface area contributed by atoms with E-state index in [1.165, 1.54) is 0 Å². The standard InChI is InChI=1S/C27H31N3O4/c1-20-7-6-10-22(17-20)26(31)30-25(19-34-18-21-8-4-3-5-9-21)27(32)29-16-15-28-23-11-13-24(33-2)14-12-23/h3-14,17,25,28H,15-16,18-19H2,1-2H3,(H,29,32)(H,30,31)/t25-/m0/s1. The number of carbonyl (C=O) groups is 2. The molecule has 34 heavy (non-hydrogen) atoms. The Morgan fingerprint density at radius 3 is 2.38 bits per heavy atom. The van der Waals surface area contributed by atoms with E-state index in [1.807, 2.05) is 73.7 Å². The summed E-state index contributed by atoms with van der Waals surface area (Å²) in [5.41, 5.74) is 3.39. The number of methoxy groups -OCH3 is 1. The largest absolute Gasteiger partial charge is 0.497 e. The molecule has 0 saturated heterocycles. The molecule has 1 atom stereocenters. The minimum Gasteiger partial charge on any atom is -0.497 e. The summed E-state index contributed by atoms with van der Waals surface area (Å²) in [5, 5.41) is 8.92. The normalized spacial score (nSPS) is 11.4. The van der Waals surface area contributed by atoms with E-state index in [1.54, 1.807) is 19.2 Å². The molecule has 2 amide bonds. The third kappa shape index (κ3) is 7.94. The third-order valence-electron chi connectivity index (χ3n) is 5.14. The second kappa shape index (κ2) is 13.0. The molecular weight excluding hydrogens is 430 g/mol. The van der Waals surface area contributed by atoms with Gasteiger partial charge in [-0.2, -0.15) is 0 Å². The van der Waals surface area contributed by atoms with Crippen LogP contribution in [0.15, 0.2) is 78.9 Å². The maximum atomic E-state index is 12.9. The highest BCUT2D eigenvalue weighted by Crippen LogP contribution is 2.14. The van der Waals surface area contributed by atoms with Crippen LogP contribution in [0.4, 0.5) is 5.69 Å². The molecule has 0 aromatic heterocycles. The summed E-state index contributed by atoms with van der Waals surface area (Å²) in [4.78, 5) is 25.6. The molecule has 178 valence electrons. The number of aryl methyl sites for hydroxylation is 1. The van der Waals surface area contributed by atoms with Crippen LogP contribution in [0.25, 0.3) is 0 Å². The summed E-state index contributed by atoms with van der Waals surface area (Å²) in [6.45, 7) is 3.25. The van der Waals surface area contributed by atoms with Crippen LogP contribution in [0, 0.1) is 6.92 Å². The molecule has 3 N–H and O–H groups in total. The molecular formula is C27H31N3O4. The average molecular weight is 462 g/mol. The Kier molecular flexibility index (Phi) is 9.49. The van der Waals surface area contributed by atoms with E-state index in [9.17, 15) is 9.59 Å². The van der Waals surface area contributed by atoms with Crippen molar-refractivity contribution in [1.82, 2.24) is 10.6 Å². The van der Waals surface area contributed by atoms with Gasteiger partial charge in [-0.3, -0.25) is 9.59 Å². The van der Waals surface area contributed by atoms with Crippen molar-refractivity contribution in [1.29, 1.82) is 0 Å². The summed E-state index contributed by atoms with van der Waals surface area (Å²) in [5.74, 6) is 0.163. The molecule has 0 aliphatic heterocycles. The molecule has 3 aromatic carbocycles. The maximum Gasteiger partial charge on any atom is 0.252 e. The fourth-order valence-electron chi connectivity index (χ4n) is 3.30. The second-order valence-electron chi connectivity index (χ2n) is 7.84. The van der Waals surface area contributed by atoms with Crippen LogP contribution >= 0.6 is 0 Å². The molecule has 0 heterocycles. The number of ether oxygens (including phenoxy) is 2. The van der Waals surface area contributed by atoms with Gasteiger partial charge in [0, 0.05) is 24.3 Å². The summed E-state index contributed by atoms with van der Waals surface area (Å²) in [6, 6.07) is 23.6. The van der Waals surface area contributed by atoms with Crippen LogP contribution in [0.1, 0.15) is 21.5 Å². The van der Waals surface area contributed by atoms with Gasteiger partial charge < -0.3 is 25.4 Å². The molecule has 0 unspecified atom stereocenters. The first kappa shape index (κ1) is 24.8. The van der Waals surface area contributed by atoms with Gasteiger partial charge >= 0.3 is 0 Å². The van der Waals surface area contributed by atoms with Crippen LogP contribution in [-0.4, -0.2) is 44.7 Å². The van der Waals surface area contributed by atoms with E-state index in [0.717, 1.165) is 22.6 Å². The van der Waals surface area contributed by atoms with Crippen LogP contribution in [0.5, 0.6) is 5.75 Å². The molecule has 0 spiro atoms. The van der Waals surface area contributed by atoms with Gasteiger partial charge in [-0.25, -0.2) is 0 Å². The second-order valence-corrected chi connectivity index (χ2v) is 7.84. The maximum absolute atomic E-state index is 12.9. The van der Waals surface area contributed by atoms with Crippen molar-refractivity contribution >= 4 is 17.5 Å². The van der Waals surface area contributed by atoms with Gasteiger partial charge in [-0.05, 0) is 48.9 Å². The lowest BCUT2D eigenvalue weighted by atomic mass is 10.1. The topological polar surface area (TPSA) is 88.7 Å². The average Bonchev–Trinajstić information content (AvgIpc) is 2.86. The van der Waals surface area contributed by atoms with Gasteiger partial charge in [-0.1, -0.05) is 48.0 Å². The molecule has 7 nitrogen and oxygen atoms in total. The van der Waals surface area contributed by atoms with Crippen molar-refractivity contribution in [3.8, 4) is 5.75 Å². The molecule has 0 radical (unpaired) electrons. The van der Waals surface area contributed by atoms with Gasteiger partial charge in [-0.15, -0.1) is 0 Å². The first-order valence-corrected chi connectivity index (χ1v) is 11.2. The summed E-state index contributed by atoms with van der Waals surface area (Å²) in [7, 11) is 1.62. The number of amides is 2. The number of anilines is 1. The van der Waals surface area contributed by atoms with E-state index in [-0.39, 0.29) is 18.4 Å². The Hall–Kier alpha value is -3.84.